The lowest BCUT2D eigenvalue weighted by molar-refractivity contribution is -0.129. The lowest BCUT2D eigenvalue weighted by Crippen LogP contribution is -2.35. The van der Waals surface area contributed by atoms with Gasteiger partial charge in [-0.2, -0.15) is 0 Å². The fourth-order valence-corrected chi connectivity index (χ4v) is 2.49. The normalized spacial score (nSPS) is 18.1. The number of carbonyl (C=O) groups excluding carboxylic acids is 1. The molecule has 0 spiro atoms. The van der Waals surface area contributed by atoms with Crippen LogP contribution >= 0.6 is 11.6 Å². The first kappa shape index (κ1) is 15.1. The Bertz CT molecular complexity index is 484. The molecule has 1 saturated heterocycles. The van der Waals surface area contributed by atoms with Crippen LogP contribution in [0.1, 0.15) is 24.0 Å². The number of ether oxygens (including phenoxy) is 2. The summed E-state index contributed by atoms with van der Waals surface area (Å²) in [6, 6.07) is 3.81. The summed E-state index contributed by atoms with van der Waals surface area (Å²) in [7, 11) is 1.64. The first-order valence-corrected chi connectivity index (χ1v) is 7.22. The average molecular weight is 298 g/mol. The molecule has 110 valence electrons. The van der Waals surface area contributed by atoms with E-state index < -0.39 is 0 Å². The Balaban J connectivity index is 1.90. The summed E-state index contributed by atoms with van der Waals surface area (Å²) in [5, 5.41) is 3.61. The number of hydrogen-bond acceptors (Lipinski definition) is 3. The maximum atomic E-state index is 11.8. The van der Waals surface area contributed by atoms with Crippen molar-refractivity contribution in [1.82, 2.24) is 5.32 Å². The predicted molar refractivity (Wildman–Crippen MR) is 78.4 cm³/mol. The Kier molecular flexibility index (Phi) is 5.26. The molecule has 5 heteroatoms. The van der Waals surface area contributed by atoms with Gasteiger partial charge >= 0.3 is 0 Å². The first-order chi connectivity index (χ1) is 9.61. The minimum atomic E-state index is -0.279. The van der Waals surface area contributed by atoms with Gasteiger partial charge in [0.15, 0.2) is 0 Å². The molecule has 0 aromatic heterocycles. The zero-order valence-corrected chi connectivity index (χ0v) is 12.6. The largest absolute Gasteiger partial charge is 0.496 e. The maximum absolute atomic E-state index is 11.8. The van der Waals surface area contributed by atoms with E-state index >= 15 is 0 Å². The number of hydrogen-bond donors (Lipinski definition) is 1. The molecule has 1 N–H and O–H groups in total. The molecule has 1 aromatic rings. The van der Waals surface area contributed by atoms with Crippen molar-refractivity contribution in [2.45, 2.75) is 32.3 Å². The average Bonchev–Trinajstić information content (AvgIpc) is 2.96. The Labute approximate surface area is 124 Å². The van der Waals surface area contributed by atoms with Gasteiger partial charge in [-0.1, -0.05) is 11.6 Å². The smallest absolute Gasteiger partial charge is 0.249 e. The van der Waals surface area contributed by atoms with Crippen molar-refractivity contribution in [2.24, 2.45) is 0 Å². The number of carbonyl (C=O) groups is 1. The SMILES string of the molecule is COc1cc(C)c(Cl)cc1CCNC(=O)C1CCCO1. The summed E-state index contributed by atoms with van der Waals surface area (Å²) in [5.41, 5.74) is 1.98. The van der Waals surface area contributed by atoms with Crippen molar-refractivity contribution >= 4 is 17.5 Å². The summed E-state index contributed by atoms with van der Waals surface area (Å²) in [4.78, 5) is 11.8. The second kappa shape index (κ2) is 6.95. The predicted octanol–water partition coefficient (Wildman–Crippen LogP) is 2.49. The molecule has 1 unspecified atom stereocenters. The molecule has 1 heterocycles. The fraction of sp³-hybridized carbons (Fsp3) is 0.533. The number of methoxy groups -OCH3 is 1. The van der Waals surface area contributed by atoms with Crippen molar-refractivity contribution in [1.29, 1.82) is 0 Å². The van der Waals surface area contributed by atoms with Gasteiger partial charge in [-0.05, 0) is 49.4 Å². The highest BCUT2D eigenvalue weighted by atomic mass is 35.5. The van der Waals surface area contributed by atoms with Crippen molar-refractivity contribution in [3.05, 3.63) is 28.3 Å². The van der Waals surface area contributed by atoms with Gasteiger partial charge in [0.1, 0.15) is 11.9 Å². The molecule has 1 aliphatic rings. The third-order valence-electron chi connectivity index (χ3n) is 3.48. The summed E-state index contributed by atoms with van der Waals surface area (Å²) in [5.74, 6) is 0.776. The van der Waals surface area contributed by atoms with Gasteiger partial charge in [0, 0.05) is 18.2 Å². The Morgan fingerprint density at radius 1 is 1.55 bits per heavy atom. The third-order valence-corrected chi connectivity index (χ3v) is 3.88. The van der Waals surface area contributed by atoms with E-state index in [2.05, 4.69) is 5.32 Å². The highest BCUT2D eigenvalue weighted by Gasteiger charge is 2.22. The van der Waals surface area contributed by atoms with Gasteiger partial charge in [0.05, 0.1) is 7.11 Å². The van der Waals surface area contributed by atoms with Crippen molar-refractivity contribution in [3.63, 3.8) is 0 Å². The van der Waals surface area contributed by atoms with E-state index in [1.54, 1.807) is 7.11 Å². The zero-order chi connectivity index (χ0) is 14.5. The summed E-state index contributed by atoms with van der Waals surface area (Å²) in [6.07, 6.45) is 2.17. The minimum Gasteiger partial charge on any atom is -0.496 e. The third kappa shape index (κ3) is 3.64. The van der Waals surface area contributed by atoms with E-state index in [1.165, 1.54) is 0 Å². The number of rotatable bonds is 5. The zero-order valence-electron chi connectivity index (χ0n) is 11.9. The second-order valence-corrected chi connectivity index (χ2v) is 5.36. The second-order valence-electron chi connectivity index (χ2n) is 4.96. The van der Waals surface area contributed by atoms with Crippen LogP contribution in [-0.2, 0) is 16.0 Å². The number of halogens is 1. The maximum Gasteiger partial charge on any atom is 0.249 e. The molecule has 1 atom stereocenters. The molecule has 0 saturated carbocycles. The van der Waals surface area contributed by atoms with Gasteiger partial charge in [-0.15, -0.1) is 0 Å². The topological polar surface area (TPSA) is 47.6 Å². The molecule has 4 nitrogen and oxygen atoms in total. The molecular weight excluding hydrogens is 278 g/mol. The molecule has 0 radical (unpaired) electrons. The summed E-state index contributed by atoms with van der Waals surface area (Å²) in [6.45, 7) is 3.17. The van der Waals surface area contributed by atoms with Crippen molar-refractivity contribution in [3.8, 4) is 5.75 Å². The molecular formula is C15H20ClNO3. The van der Waals surface area contributed by atoms with E-state index in [0.717, 1.165) is 29.7 Å². The Hall–Kier alpha value is -1.26. The molecule has 0 bridgehead atoms. The van der Waals surface area contributed by atoms with Gasteiger partial charge in [-0.25, -0.2) is 0 Å². The standard InChI is InChI=1S/C15H20ClNO3/c1-10-8-14(19-2)11(9-12(10)16)5-6-17-15(18)13-4-3-7-20-13/h8-9,13H,3-7H2,1-2H3,(H,17,18). The molecule has 1 aromatic carbocycles. The van der Waals surface area contributed by atoms with E-state index in [4.69, 9.17) is 21.1 Å². The lowest BCUT2D eigenvalue weighted by atomic mass is 10.1. The van der Waals surface area contributed by atoms with Crippen LogP contribution in [-0.4, -0.2) is 32.3 Å². The minimum absolute atomic E-state index is 0.0281. The quantitative estimate of drug-likeness (QED) is 0.908. The van der Waals surface area contributed by atoms with Crippen LogP contribution in [0.5, 0.6) is 5.75 Å². The Morgan fingerprint density at radius 2 is 2.35 bits per heavy atom. The summed E-state index contributed by atoms with van der Waals surface area (Å²) >= 11 is 6.12. The van der Waals surface area contributed by atoms with Crippen LogP contribution in [0, 0.1) is 6.92 Å². The fourth-order valence-electron chi connectivity index (χ4n) is 2.30. The molecule has 2 rings (SSSR count). The number of benzene rings is 1. The molecule has 1 amide bonds. The van der Waals surface area contributed by atoms with Crippen LogP contribution < -0.4 is 10.1 Å². The monoisotopic (exact) mass is 297 g/mol. The van der Waals surface area contributed by atoms with Crippen LogP contribution in [0.2, 0.25) is 5.02 Å². The Morgan fingerprint density at radius 3 is 3.00 bits per heavy atom. The molecule has 0 aliphatic carbocycles. The molecule has 20 heavy (non-hydrogen) atoms. The van der Waals surface area contributed by atoms with Crippen molar-refractivity contribution < 1.29 is 14.3 Å². The van der Waals surface area contributed by atoms with Gasteiger partial charge in [0.2, 0.25) is 5.91 Å². The van der Waals surface area contributed by atoms with Crippen LogP contribution in [0.4, 0.5) is 0 Å². The van der Waals surface area contributed by atoms with E-state index in [9.17, 15) is 4.79 Å². The van der Waals surface area contributed by atoms with E-state index in [1.807, 2.05) is 19.1 Å². The van der Waals surface area contributed by atoms with E-state index in [0.29, 0.717) is 24.6 Å². The number of nitrogens with one attached hydrogen (secondary N) is 1. The summed E-state index contributed by atoms with van der Waals surface area (Å²) < 4.78 is 10.7. The first-order valence-electron chi connectivity index (χ1n) is 6.84. The van der Waals surface area contributed by atoms with Crippen LogP contribution in [0.3, 0.4) is 0 Å². The highest BCUT2D eigenvalue weighted by molar-refractivity contribution is 6.31. The van der Waals surface area contributed by atoms with Crippen LogP contribution in [0.25, 0.3) is 0 Å². The highest BCUT2D eigenvalue weighted by Crippen LogP contribution is 2.26. The molecule has 1 aliphatic heterocycles. The van der Waals surface area contributed by atoms with Crippen LogP contribution in [0.15, 0.2) is 12.1 Å². The lowest BCUT2D eigenvalue weighted by Gasteiger charge is -2.13. The van der Waals surface area contributed by atoms with Gasteiger partial charge < -0.3 is 14.8 Å². The molecule has 1 fully saturated rings. The van der Waals surface area contributed by atoms with Gasteiger partial charge in [0.25, 0.3) is 0 Å². The number of aryl methyl sites for hydroxylation is 1. The van der Waals surface area contributed by atoms with Crippen molar-refractivity contribution in [2.75, 3.05) is 20.3 Å². The van der Waals surface area contributed by atoms with Gasteiger partial charge in [-0.3, -0.25) is 4.79 Å². The number of amides is 1. The van der Waals surface area contributed by atoms with E-state index in [-0.39, 0.29) is 12.0 Å².